The van der Waals surface area contributed by atoms with Gasteiger partial charge < -0.3 is 5.73 Å². The van der Waals surface area contributed by atoms with E-state index >= 15 is 0 Å². The molecule has 1 aliphatic rings. The van der Waals surface area contributed by atoms with Crippen molar-refractivity contribution in [2.24, 2.45) is 11.7 Å². The lowest BCUT2D eigenvalue weighted by Crippen LogP contribution is -2.38. The Kier molecular flexibility index (Phi) is 4.79. The quantitative estimate of drug-likeness (QED) is 0.787. The Hall–Kier alpha value is -0.270. The first-order valence-corrected chi connectivity index (χ1v) is 9.11. The Morgan fingerprint density at radius 1 is 1.53 bits per heavy atom. The van der Waals surface area contributed by atoms with Crippen molar-refractivity contribution in [1.29, 1.82) is 0 Å². The van der Waals surface area contributed by atoms with Crippen molar-refractivity contribution >= 4 is 33.4 Å². The van der Waals surface area contributed by atoms with Crippen LogP contribution in [0.1, 0.15) is 12.8 Å². The molecule has 0 heterocycles. The van der Waals surface area contributed by atoms with Gasteiger partial charge in [-0.1, -0.05) is 11.6 Å². The molecule has 0 amide bonds. The third kappa shape index (κ3) is 3.86. The van der Waals surface area contributed by atoms with Gasteiger partial charge >= 0.3 is 0 Å². The molecule has 2 rings (SSSR count). The summed E-state index contributed by atoms with van der Waals surface area (Å²) in [7, 11) is -3.53. The van der Waals surface area contributed by atoms with Crippen LogP contribution in [-0.4, -0.2) is 27.3 Å². The van der Waals surface area contributed by atoms with Crippen molar-refractivity contribution < 1.29 is 8.42 Å². The average Bonchev–Trinajstić information content (AvgIpc) is 3.20. The largest absolute Gasteiger partial charge is 0.326 e. The van der Waals surface area contributed by atoms with Crippen LogP contribution in [0.3, 0.4) is 0 Å². The summed E-state index contributed by atoms with van der Waals surface area (Å²) in [5.41, 5.74) is 5.88. The highest BCUT2D eigenvalue weighted by Crippen LogP contribution is 2.31. The highest BCUT2D eigenvalue weighted by molar-refractivity contribution is 7.98. The molecule has 0 radical (unpaired) electrons. The van der Waals surface area contributed by atoms with Crippen molar-refractivity contribution in [2.45, 2.75) is 28.7 Å². The summed E-state index contributed by atoms with van der Waals surface area (Å²) >= 11 is 7.50. The molecular weight excluding hydrogens is 304 g/mol. The molecule has 7 heteroatoms. The van der Waals surface area contributed by atoms with Gasteiger partial charge in [-0.2, -0.15) is 0 Å². The summed E-state index contributed by atoms with van der Waals surface area (Å²) < 4.78 is 26.7. The van der Waals surface area contributed by atoms with E-state index in [1.54, 1.807) is 12.1 Å². The second-order valence-electron chi connectivity index (χ2n) is 4.65. The monoisotopic (exact) mass is 320 g/mol. The van der Waals surface area contributed by atoms with Gasteiger partial charge in [0.15, 0.2) is 0 Å². The van der Waals surface area contributed by atoms with Crippen LogP contribution in [0.25, 0.3) is 0 Å². The van der Waals surface area contributed by atoms with Crippen molar-refractivity contribution in [3.05, 3.63) is 23.2 Å². The number of hydrogen-bond acceptors (Lipinski definition) is 4. The molecule has 1 aromatic rings. The molecule has 0 saturated heterocycles. The minimum absolute atomic E-state index is 0.101. The molecule has 3 N–H and O–H groups in total. The third-order valence-corrected chi connectivity index (χ3v) is 5.81. The number of nitrogens with two attached hydrogens (primary N) is 1. The normalized spacial score (nSPS) is 17.4. The molecule has 1 aliphatic carbocycles. The summed E-state index contributed by atoms with van der Waals surface area (Å²) in [5, 5.41) is 0.446. The number of hydrogen-bond donors (Lipinski definition) is 2. The maximum absolute atomic E-state index is 12.1. The van der Waals surface area contributed by atoms with Crippen LogP contribution >= 0.6 is 23.4 Å². The SMILES string of the molecule is CSc1ccc(S(=O)(=O)NCC(N)C2CC2)cc1Cl. The van der Waals surface area contributed by atoms with Crippen molar-refractivity contribution in [3.8, 4) is 0 Å². The van der Waals surface area contributed by atoms with E-state index in [1.165, 1.54) is 17.8 Å². The van der Waals surface area contributed by atoms with Gasteiger partial charge in [0.1, 0.15) is 0 Å². The van der Waals surface area contributed by atoms with Crippen LogP contribution in [0, 0.1) is 5.92 Å². The molecular formula is C12H17ClN2O2S2. The topological polar surface area (TPSA) is 72.2 Å². The van der Waals surface area contributed by atoms with Crippen LogP contribution in [0.5, 0.6) is 0 Å². The number of rotatable bonds is 6. The number of sulfonamides is 1. The zero-order valence-corrected chi connectivity index (χ0v) is 13.0. The van der Waals surface area contributed by atoms with Gasteiger partial charge in [-0.3, -0.25) is 0 Å². The Bertz CT molecular complexity index is 559. The number of halogens is 1. The Labute approximate surface area is 123 Å². The smallest absolute Gasteiger partial charge is 0.240 e. The molecule has 0 aromatic heterocycles. The Morgan fingerprint density at radius 3 is 2.74 bits per heavy atom. The van der Waals surface area contributed by atoms with Gasteiger partial charge in [0.25, 0.3) is 0 Å². The van der Waals surface area contributed by atoms with Crippen LogP contribution in [0.4, 0.5) is 0 Å². The van der Waals surface area contributed by atoms with Gasteiger partial charge in [0, 0.05) is 17.5 Å². The van der Waals surface area contributed by atoms with Gasteiger partial charge in [0.05, 0.1) is 9.92 Å². The zero-order valence-electron chi connectivity index (χ0n) is 10.6. The van der Waals surface area contributed by atoms with E-state index in [1.807, 2.05) is 6.26 Å². The zero-order chi connectivity index (χ0) is 14.0. The average molecular weight is 321 g/mol. The van der Waals surface area contributed by atoms with E-state index in [9.17, 15) is 8.42 Å². The number of benzene rings is 1. The molecule has 106 valence electrons. The fourth-order valence-corrected chi connectivity index (χ4v) is 3.83. The van der Waals surface area contributed by atoms with Crippen LogP contribution < -0.4 is 10.5 Å². The minimum Gasteiger partial charge on any atom is -0.326 e. The fraction of sp³-hybridized carbons (Fsp3) is 0.500. The Balaban J connectivity index is 2.07. The van der Waals surface area contributed by atoms with Crippen LogP contribution in [0.15, 0.2) is 28.0 Å². The summed E-state index contributed by atoms with van der Waals surface area (Å²) in [6, 6.07) is 4.64. The van der Waals surface area contributed by atoms with E-state index in [2.05, 4.69) is 4.72 Å². The molecule has 1 atom stereocenters. The lowest BCUT2D eigenvalue weighted by atomic mass is 10.2. The van der Waals surface area contributed by atoms with Crippen molar-refractivity contribution in [1.82, 2.24) is 4.72 Å². The van der Waals surface area contributed by atoms with Gasteiger partial charge in [-0.25, -0.2) is 13.1 Å². The molecule has 1 aromatic carbocycles. The molecule has 4 nitrogen and oxygen atoms in total. The standard InChI is InChI=1S/C12H17ClN2O2S2/c1-18-12-5-4-9(6-10(12)13)19(16,17)15-7-11(14)8-2-3-8/h4-6,8,11,15H,2-3,7,14H2,1H3. The van der Waals surface area contributed by atoms with E-state index in [0.29, 0.717) is 10.9 Å². The summed E-state index contributed by atoms with van der Waals surface area (Å²) in [5.74, 6) is 0.463. The maximum atomic E-state index is 12.1. The first-order valence-electron chi connectivity index (χ1n) is 6.03. The highest BCUT2D eigenvalue weighted by Gasteiger charge is 2.29. The van der Waals surface area contributed by atoms with E-state index < -0.39 is 10.0 Å². The molecule has 19 heavy (non-hydrogen) atoms. The fourth-order valence-electron chi connectivity index (χ4n) is 1.79. The second kappa shape index (κ2) is 6.01. The molecule has 1 unspecified atom stereocenters. The minimum atomic E-state index is -3.53. The number of thioether (sulfide) groups is 1. The van der Waals surface area contributed by atoms with Gasteiger partial charge in [0.2, 0.25) is 10.0 Å². The Morgan fingerprint density at radius 2 is 2.21 bits per heavy atom. The van der Waals surface area contributed by atoms with Crippen LogP contribution in [-0.2, 0) is 10.0 Å². The first-order chi connectivity index (χ1) is 8.94. The van der Waals surface area contributed by atoms with Crippen molar-refractivity contribution in [2.75, 3.05) is 12.8 Å². The van der Waals surface area contributed by atoms with Gasteiger partial charge in [-0.15, -0.1) is 11.8 Å². The summed E-state index contributed by atoms with van der Waals surface area (Å²) in [4.78, 5) is 1.04. The summed E-state index contributed by atoms with van der Waals surface area (Å²) in [6.45, 7) is 0.273. The number of nitrogens with one attached hydrogen (secondary N) is 1. The lowest BCUT2D eigenvalue weighted by molar-refractivity contribution is 0.547. The van der Waals surface area contributed by atoms with Crippen molar-refractivity contribution in [3.63, 3.8) is 0 Å². The first kappa shape index (κ1) is 15.1. The highest BCUT2D eigenvalue weighted by atomic mass is 35.5. The molecule has 0 spiro atoms. The molecule has 0 aliphatic heterocycles. The van der Waals surface area contributed by atoms with E-state index in [0.717, 1.165) is 17.7 Å². The lowest BCUT2D eigenvalue weighted by Gasteiger charge is -2.12. The maximum Gasteiger partial charge on any atom is 0.240 e. The second-order valence-corrected chi connectivity index (χ2v) is 7.67. The van der Waals surface area contributed by atoms with E-state index in [-0.39, 0.29) is 17.5 Å². The molecule has 1 fully saturated rings. The van der Waals surface area contributed by atoms with Gasteiger partial charge in [-0.05, 0) is 43.2 Å². The molecule has 0 bridgehead atoms. The summed E-state index contributed by atoms with van der Waals surface area (Å²) in [6.07, 6.45) is 4.08. The predicted molar refractivity (Wildman–Crippen MR) is 79.1 cm³/mol. The molecule has 1 saturated carbocycles. The van der Waals surface area contributed by atoms with E-state index in [4.69, 9.17) is 17.3 Å². The predicted octanol–water partition coefficient (Wildman–Crippen LogP) is 2.08. The third-order valence-electron chi connectivity index (χ3n) is 3.17. The van der Waals surface area contributed by atoms with Crippen LogP contribution in [0.2, 0.25) is 5.02 Å².